The number of alkyl halides is 1. The van der Waals surface area contributed by atoms with Gasteiger partial charge in [0, 0.05) is 17.4 Å². The molecule has 3 atom stereocenters. The summed E-state index contributed by atoms with van der Waals surface area (Å²) in [5, 5.41) is 0.850. The van der Waals surface area contributed by atoms with Crippen molar-refractivity contribution < 1.29 is 14.3 Å². The first-order valence-electron chi connectivity index (χ1n) is 7.43. The summed E-state index contributed by atoms with van der Waals surface area (Å²) in [7, 11) is 0. The first-order chi connectivity index (χ1) is 9.24. The monoisotopic (exact) mass is 349 g/mol. The van der Waals surface area contributed by atoms with Gasteiger partial charge in [-0.05, 0) is 53.9 Å². The number of nitrogens with zero attached hydrogens (tertiary/aromatic N) is 1. The lowest BCUT2D eigenvalue weighted by atomic mass is 10.1. The van der Waals surface area contributed by atoms with E-state index in [-0.39, 0.29) is 24.3 Å². The molecule has 0 spiro atoms. The number of carbonyl (C=O) groups is 1. The zero-order valence-electron chi connectivity index (χ0n) is 13.3. The second-order valence-corrected chi connectivity index (χ2v) is 7.37. The van der Waals surface area contributed by atoms with Crippen LogP contribution in [0.4, 0.5) is 4.79 Å². The van der Waals surface area contributed by atoms with Crippen LogP contribution in [0.5, 0.6) is 0 Å². The van der Waals surface area contributed by atoms with Crippen LogP contribution in [0.25, 0.3) is 0 Å². The average molecular weight is 350 g/mol. The summed E-state index contributed by atoms with van der Waals surface area (Å²) in [5.74, 6) is 0. The molecule has 0 radical (unpaired) electrons. The Morgan fingerprint density at radius 1 is 1.25 bits per heavy atom. The molecule has 0 bridgehead atoms. The highest BCUT2D eigenvalue weighted by molar-refractivity contribution is 9.09. The van der Waals surface area contributed by atoms with Crippen molar-refractivity contribution in [2.75, 3.05) is 11.9 Å². The SMILES string of the molecule is CC1CCC(OCCBr)C[C@H](C)N1C(=O)OC(C)(C)C. The van der Waals surface area contributed by atoms with Gasteiger partial charge in [0.15, 0.2) is 0 Å². The Hall–Kier alpha value is -0.290. The number of rotatable bonds is 3. The largest absolute Gasteiger partial charge is 0.444 e. The molecule has 0 aromatic heterocycles. The minimum atomic E-state index is -0.450. The molecular formula is C15H28BrNO3. The summed E-state index contributed by atoms with van der Waals surface area (Å²) in [6.07, 6.45) is 2.85. The van der Waals surface area contributed by atoms with Crippen LogP contribution in [-0.4, -0.2) is 46.7 Å². The Kier molecular flexibility index (Phi) is 6.79. The van der Waals surface area contributed by atoms with Crippen LogP contribution < -0.4 is 0 Å². The Morgan fingerprint density at radius 3 is 2.45 bits per heavy atom. The molecule has 1 aliphatic rings. The van der Waals surface area contributed by atoms with E-state index >= 15 is 0 Å². The van der Waals surface area contributed by atoms with E-state index in [1.807, 2.05) is 25.7 Å². The molecule has 1 amide bonds. The van der Waals surface area contributed by atoms with E-state index in [1.54, 1.807) is 0 Å². The minimum absolute atomic E-state index is 0.141. The van der Waals surface area contributed by atoms with Crippen LogP contribution in [0, 0.1) is 0 Å². The summed E-state index contributed by atoms with van der Waals surface area (Å²) in [6.45, 7) is 10.6. The second-order valence-electron chi connectivity index (χ2n) is 6.58. The molecule has 1 heterocycles. The van der Waals surface area contributed by atoms with Crippen LogP contribution >= 0.6 is 15.9 Å². The Morgan fingerprint density at radius 2 is 1.90 bits per heavy atom. The first kappa shape index (κ1) is 17.8. The lowest BCUT2D eigenvalue weighted by molar-refractivity contribution is 0.00519. The molecule has 0 aromatic carbocycles. The predicted octanol–water partition coefficient (Wildman–Crippen LogP) is 3.96. The van der Waals surface area contributed by atoms with E-state index in [0.717, 1.165) is 31.2 Å². The minimum Gasteiger partial charge on any atom is -0.444 e. The molecule has 4 nitrogen and oxygen atoms in total. The number of amides is 1. The standard InChI is InChI=1S/C15H28BrNO3/c1-11-6-7-13(19-9-8-16)10-12(2)17(11)14(18)20-15(3,4)5/h11-13H,6-10H2,1-5H3/t11?,12-,13?/m0/s1. The van der Waals surface area contributed by atoms with Gasteiger partial charge in [0.05, 0.1) is 12.7 Å². The summed E-state index contributed by atoms with van der Waals surface area (Å²) in [5.41, 5.74) is -0.450. The lowest BCUT2D eigenvalue weighted by Gasteiger charge is -2.34. The molecule has 5 heteroatoms. The molecule has 118 valence electrons. The van der Waals surface area contributed by atoms with E-state index in [1.165, 1.54) is 0 Å². The van der Waals surface area contributed by atoms with Gasteiger partial charge in [-0.25, -0.2) is 4.79 Å². The fourth-order valence-corrected chi connectivity index (χ4v) is 2.84. The molecule has 0 saturated carbocycles. The summed E-state index contributed by atoms with van der Waals surface area (Å²) in [4.78, 5) is 14.2. The number of ether oxygens (including phenoxy) is 2. The second kappa shape index (κ2) is 7.64. The van der Waals surface area contributed by atoms with Gasteiger partial charge < -0.3 is 14.4 Å². The van der Waals surface area contributed by atoms with Crippen LogP contribution in [0.2, 0.25) is 0 Å². The predicted molar refractivity (Wildman–Crippen MR) is 84.4 cm³/mol. The van der Waals surface area contributed by atoms with Crippen molar-refractivity contribution in [1.82, 2.24) is 4.90 Å². The molecule has 1 saturated heterocycles. The summed E-state index contributed by atoms with van der Waals surface area (Å²) < 4.78 is 11.4. The van der Waals surface area contributed by atoms with E-state index in [9.17, 15) is 4.79 Å². The van der Waals surface area contributed by atoms with Crippen LogP contribution in [-0.2, 0) is 9.47 Å². The lowest BCUT2D eigenvalue weighted by Crippen LogP contribution is -2.46. The van der Waals surface area contributed by atoms with E-state index in [4.69, 9.17) is 9.47 Å². The molecule has 0 N–H and O–H groups in total. The normalized spacial score (nSPS) is 28.1. The molecule has 0 aliphatic carbocycles. The zero-order chi connectivity index (χ0) is 15.3. The molecule has 0 aromatic rings. The van der Waals surface area contributed by atoms with Crippen LogP contribution in [0.3, 0.4) is 0 Å². The summed E-state index contributed by atoms with van der Waals surface area (Å²) >= 11 is 3.38. The third kappa shape index (κ3) is 5.60. The molecule has 2 unspecified atom stereocenters. The quantitative estimate of drug-likeness (QED) is 0.723. The van der Waals surface area contributed by atoms with Crippen molar-refractivity contribution in [3.8, 4) is 0 Å². The highest BCUT2D eigenvalue weighted by atomic mass is 79.9. The summed E-state index contributed by atoms with van der Waals surface area (Å²) in [6, 6.07) is 0.333. The van der Waals surface area contributed by atoms with E-state index in [2.05, 4.69) is 29.8 Å². The zero-order valence-corrected chi connectivity index (χ0v) is 14.9. The Balaban J connectivity index is 2.68. The number of carbonyl (C=O) groups excluding carboxylic acids is 1. The van der Waals surface area contributed by atoms with Crippen molar-refractivity contribution in [3.05, 3.63) is 0 Å². The average Bonchev–Trinajstić information content (AvgIpc) is 2.43. The first-order valence-corrected chi connectivity index (χ1v) is 8.55. The highest BCUT2D eigenvalue weighted by Gasteiger charge is 2.34. The van der Waals surface area contributed by atoms with E-state index < -0.39 is 5.60 Å². The van der Waals surface area contributed by atoms with Gasteiger partial charge in [-0.3, -0.25) is 0 Å². The number of halogens is 1. The smallest absolute Gasteiger partial charge is 0.410 e. The van der Waals surface area contributed by atoms with E-state index in [0.29, 0.717) is 0 Å². The molecule has 1 aliphatic heterocycles. The fourth-order valence-electron chi connectivity index (χ4n) is 2.65. The van der Waals surface area contributed by atoms with Crippen molar-refractivity contribution >= 4 is 22.0 Å². The fraction of sp³-hybridized carbons (Fsp3) is 0.933. The maximum atomic E-state index is 12.4. The number of likely N-dealkylation sites (tertiary alicyclic amines) is 1. The van der Waals surface area contributed by atoms with Gasteiger partial charge in [0.2, 0.25) is 0 Å². The van der Waals surface area contributed by atoms with Crippen LogP contribution in [0.15, 0.2) is 0 Å². The van der Waals surface area contributed by atoms with Crippen molar-refractivity contribution in [2.24, 2.45) is 0 Å². The van der Waals surface area contributed by atoms with Gasteiger partial charge in [0.25, 0.3) is 0 Å². The van der Waals surface area contributed by atoms with Gasteiger partial charge in [-0.2, -0.15) is 0 Å². The van der Waals surface area contributed by atoms with Crippen molar-refractivity contribution in [1.29, 1.82) is 0 Å². The molecular weight excluding hydrogens is 322 g/mol. The van der Waals surface area contributed by atoms with Gasteiger partial charge in [0.1, 0.15) is 5.60 Å². The molecule has 1 fully saturated rings. The maximum absolute atomic E-state index is 12.4. The topological polar surface area (TPSA) is 38.8 Å². The molecule has 20 heavy (non-hydrogen) atoms. The number of hydrogen-bond donors (Lipinski definition) is 0. The molecule has 1 rings (SSSR count). The van der Waals surface area contributed by atoms with Crippen molar-refractivity contribution in [3.63, 3.8) is 0 Å². The highest BCUT2D eigenvalue weighted by Crippen LogP contribution is 2.26. The Labute approximate surface area is 131 Å². The maximum Gasteiger partial charge on any atom is 0.410 e. The van der Waals surface area contributed by atoms with Crippen molar-refractivity contribution in [2.45, 2.75) is 77.7 Å². The Bertz CT molecular complexity index is 317. The van der Waals surface area contributed by atoms with Gasteiger partial charge >= 0.3 is 6.09 Å². The van der Waals surface area contributed by atoms with Gasteiger partial charge in [-0.15, -0.1) is 0 Å². The number of hydrogen-bond acceptors (Lipinski definition) is 3. The van der Waals surface area contributed by atoms with Gasteiger partial charge in [-0.1, -0.05) is 15.9 Å². The third-order valence-corrected chi connectivity index (χ3v) is 3.82. The van der Waals surface area contributed by atoms with Crippen LogP contribution in [0.1, 0.15) is 53.9 Å². The third-order valence-electron chi connectivity index (χ3n) is 3.50.